The van der Waals surface area contributed by atoms with Gasteiger partial charge in [0.25, 0.3) is 0 Å². The third kappa shape index (κ3) is 7.38. The molecule has 0 spiro atoms. The maximum Gasteiger partial charge on any atom is 0.223 e. The maximum absolute atomic E-state index is 13.3. The summed E-state index contributed by atoms with van der Waals surface area (Å²) in [5.74, 6) is 1.09. The lowest BCUT2D eigenvalue weighted by Crippen LogP contribution is -2.42. The highest BCUT2D eigenvalue weighted by Crippen LogP contribution is 2.27. The molecule has 0 aliphatic carbocycles. The quantitative estimate of drug-likeness (QED) is 0.483. The van der Waals surface area contributed by atoms with Gasteiger partial charge in [0.1, 0.15) is 0 Å². The van der Waals surface area contributed by atoms with Gasteiger partial charge in [-0.3, -0.25) is 4.79 Å². The molecule has 0 N–H and O–H groups in total. The number of amides is 1. The van der Waals surface area contributed by atoms with Crippen molar-refractivity contribution in [3.8, 4) is 0 Å². The Kier molecular flexibility index (Phi) is 8.13. The SMILES string of the molecule is CC(C)[C@H](C)N(Cc1cccn1Cc1ccccc1)C(=O)C[C@@H](C)CC(C)(C)C. The first-order valence-corrected chi connectivity index (χ1v) is 11.0. The second-order valence-electron chi connectivity index (χ2n) is 10.2. The van der Waals surface area contributed by atoms with Crippen LogP contribution in [0.2, 0.25) is 0 Å². The van der Waals surface area contributed by atoms with Crippen LogP contribution in [0.5, 0.6) is 0 Å². The minimum atomic E-state index is 0.212. The lowest BCUT2D eigenvalue weighted by atomic mass is 9.84. The van der Waals surface area contributed by atoms with Crippen molar-refractivity contribution in [2.75, 3.05) is 0 Å². The summed E-state index contributed by atoms with van der Waals surface area (Å²) < 4.78 is 2.27. The third-order valence-corrected chi connectivity index (χ3v) is 5.71. The van der Waals surface area contributed by atoms with Gasteiger partial charge in [-0.05, 0) is 48.3 Å². The van der Waals surface area contributed by atoms with Gasteiger partial charge in [-0.1, -0.05) is 71.9 Å². The summed E-state index contributed by atoms with van der Waals surface area (Å²) in [5, 5.41) is 0. The molecule has 1 heterocycles. The van der Waals surface area contributed by atoms with Crippen molar-refractivity contribution in [3.05, 3.63) is 59.9 Å². The predicted octanol–water partition coefficient (Wildman–Crippen LogP) is 6.37. The van der Waals surface area contributed by atoms with E-state index in [-0.39, 0.29) is 17.4 Å². The molecule has 0 aliphatic rings. The fourth-order valence-corrected chi connectivity index (χ4v) is 4.05. The molecule has 2 atom stereocenters. The summed E-state index contributed by atoms with van der Waals surface area (Å²) in [6.07, 6.45) is 3.80. The van der Waals surface area contributed by atoms with E-state index < -0.39 is 0 Å². The van der Waals surface area contributed by atoms with Crippen LogP contribution in [-0.4, -0.2) is 21.4 Å². The van der Waals surface area contributed by atoms with Gasteiger partial charge in [0.05, 0.1) is 6.54 Å². The molecule has 3 heteroatoms. The Balaban J connectivity index is 2.15. The number of aromatic nitrogens is 1. The maximum atomic E-state index is 13.3. The van der Waals surface area contributed by atoms with Gasteiger partial charge in [-0.2, -0.15) is 0 Å². The lowest BCUT2D eigenvalue weighted by Gasteiger charge is -2.34. The number of carbonyl (C=O) groups is 1. The third-order valence-electron chi connectivity index (χ3n) is 5.71. The Hall–Kier alpha value is -2.03. The van der Waals surface area contributed by atoms with Gasteiger partial charge in [-0.15, -0.1) is 0 Å². The molecule has 2 rings (SSSR count). The Morgan fingerprint density at radius 3 is 2.24 bits per heavy atom. The minimum Gasteiger partial charge on any atom is -0.345 e. The van der Waals surface area contributed by atoms with E-state index in [1.165, 1.54) is 11.3 Å². The van der Waals surface area contributed by atoms with Crippen LogP contribution in [0.4, 0.5) is 0 Å². The van der Waals surface area contributed by atoms with E-state index in [0.29, 0.717) is 24.8 Å². The topological polar surface area (TPSA) is 25.2 Å². The highest BCUT2D eigenvalue weighted by atomic mass is 16.2. The molecule has 0 aliphatic heterocycles. The van der Waals surface area contributed by atoms with Crippen molar-refractivity contribution in [3.63, 3.8) is 0 Å². The summed E-state index contributed by atoms with van der Waals surface area (Å²) in [5.41, 5.74) is 2.72. The predicted molar refractivity (Wildman–Crippen MR) is 123 cm³/mol. The van der Waals surface area contributed by atoms with Crippen LogP contribution < -0.4 is 0 Å². The second kappa shape index (κ2) is 10.1. The van der Waals surface area contributed by atoms with Crippen LogP contribution in [0.3, 0.4) is 0 Å². The number of benzene rings is 1. The summed E-state index contributed by atoms with van der Waals surface area (Å²) in [6.45, 7) is 17.0. The minimum absolute atomic E-state index is 0.212. The Morgan fingerprint density at radius 2 is 1.66 bits per heavy atom. The van der Waals surface area contributed by atoms with Crippen molar-refractivity contribution in [1.82, 2.24) is 9.47 Å². The second-order valence-corrected chi connectivity index (χ2v) is 10.2. The molecule has 0 fully saturated rings. The Bertz CT molecular complexity index is 755. The molecular weight excluding hydrogens is 356 g/mol. The van der Waals surface area contributed by atoms with E-state index in [1.54, 1.807) is 0 Å². The van der Waals surface area contributed by atoms with Crippen LogP contribution in [0, 0.1) is 17.3 Å². The van der Waals surface area contributed by atoms with Gasteiger partial charge in [-0.25, -0.2) is 0 Å². The monoisotopic (exact) mass is 396 g/mol. The zero-order valence-corrected chi connectivity index (χ0v) is 19.5. The average Bonchev–Trinajstić information content (AvgIpc) is 3.04. The van der Waals surface area contributed by atoms with Crippen LogP contribution >= 0.6 is 0 Å². The number of nitrogens with zero attached hydrogens (tertiary/aromatic N) is 2. The van der Waals surface area contributed by atoms with Crippen LogP contribution in [0.25, 0.3) is 0 Å². The van der Waals surface area contributed by atoms with Crippen molar-refractivity contribution in [2.45, 2.75) is 80.4 Å². The molecule has 0 saturated carbocycles. The van der Waals surface area contributed by atoms with Gasteiger partial charge in [0.15, 0.2) is 0 Å². The molecule has 2 aromatic rings. The van der Waals surface area contributed by atoms with E-state index >= 15 is 0 Å². The van der Waals surface area contributed by atoms with Crippen molar-refractivity contribution >= 4 is 5.91 Å². The highest BCUT2D eigenvalue weighted by Gasteiger charge is 2.26. The van der Waals surface area contributed by atoms with Crippen LogP contribution in [0.15, 0.2) is 48.7 Å². The van der Waals surface area contributed by atoms with E-state index in [4.69, 9.17) is 0 Å². The highest BCUT2D eigenvalue weighted by molar-refractivity contribution is 5.76. The fraction of sp³-hybridized carbons (Fsp3) is 0.577. The van der Waals surface area contributed by atoms with E-state index in [9.17, 15) is 4.79 Å². The van der Waals surface area contributed by atoms with Gasteiger partial charge >= 0.3 is 0 Å². The molecule has 0 saturated heterocycles. The summed E-state index contributed by atoms with van der Waals surface area (Å²) in [4.78, 5) is 15.4. The molecule has 1 aromatic heterocycles. The standard InChI is InChI=1S/C26H40N2O/c1-20(2)22(4)28(25(29)16-21(3)17-26(5,6)7)19-24-14-11-15-27(24)18-23-12-9-8-10-13-23/h8-15,20-22H,16-19H2,1-7H3/t21-,22+/m1/s1. The largest absolute Gasteiger partial charge is 0.345 e. The van der Waals surface area contributed by atoms with E-state index in [2.05, 4.69) is 101 Å². The zero-order chi connectivity index (χ0) is 21.6. The van der Waals surface area contributed by atoms with Crippen molar-refractivity contribution < 1.29 is 4.79 Å². The lowest BCUT2D eigenvalue weighted by molar-refractivity contribution is -0.136. The molecule has 0 bridgehead atoms. The normalized spacial score (nSPS) is 14.1. The number of hydrogen-bond donors (Lipinski definition) is 0. The molecule has 3 nitrogen and oxygen atoms in total. The molecule has 1 amide bonds. The zero-order valence-electron chi connectivity index (χ0n) is 19.5. The van der Waals surface area contributed by atoms with Gasteiger partial charge < -0.3 is 9.47 Å². The molecule has 0 unspecified atom stereocenters. The first-order chi connectivity index (χ1) is 13.6. The van der Waals surface area contributed by atoms with E-state index in [0.717, 1.165) is 13.0 Å². The summed E-state index contributed by atoms with van der Waals surface area (Å²) >= 11 is 0. The first-order valence-electron chi connectivity index (χ1n) is 11.0. The summed E-state index contributed by atoms with van der Waals surface area (Å²) in [6, 6.07) is 14.9. The first kappa shape index (κ1) is 23.3. The molecule has 29 heavy (non-hydrogen) atoms. The molecular formula is C26H40N2O. The smallest absolute Gasteiger partial charge is 0.223 e. The number of hydrogen-bond acceptors (Lipinski definition) is 1. The van der Waals surface area contributed by atoms with Gasteiger partial charge in [0, 0.05) is 30.9 Å². The van der Waals surface area contributed by atoms with Crippen molar-refractivity contribution in [2.24, 2.45) is 17.3 Å². The summed E-state index contributed by atoms with van der Waals surface area (Å²) in [7, 11) is 0. The molecule has 0 radical (unpaired) electrons. The van der Waals surface area contributed by atoms with Crippen molar-refractivity contribution in [1.29, 1.82) is 0 Å². The molecule has 1 aromatic carbocycles. The van der Waals surface area contributed by atoms with Gasteiger partial charge in [0.2, 0.25) is 5.91 Å². The number of rotatable bonds is 9. The van der Waals surface area contributed by atoms with Crippen LogP contribution in [0.1, 0.15) is 72.6 Å². The van der Waals surface area contributed by atoms with E-state index in [1.807, 2.05) is 6.07 Å². The fourth-order valence-electron chi connectivity index (χ4n) is 4.05. The number of carbonyl (C=O) groups excluding carboxylic acids is 1. The average molecular weight is 397 g/mol. The molecule has 160 valence electrons. The Morgan fingerprint density at radius 1 is 1.00 bits per heavy atom. The van der Waals surface area contributed by atoms with Crippen LogP contribution in [-0.2, 0) is 17.9 Å². The Labute approximate surface area is 178 Å².